The van der Waals surface area contributed by atoms with Crippen LogP contribution in [0.25, 0.3) is 5.95 Å². The predicted molar refractivity (Wildman–Crippen MR) is 79.6 cm³/mol. The molecule has 0 unspecified atom stereocenters. The van der Waals surface area contributed by atoms with Crippen LogP contribution in [0.1, 0.15) is 0 Å². The van der Waals surface area contributed by atoms with E-state index in [2.05, 4.69) is 36.0 Å². The molecule has 0 aliphatic carbocycles. The molecule has 2 aromatic heterocycles. The minimum atomic E-state index is 0.169. The lowest BCUT2D eigenvalue weighted by atomic mass is 10.4. The largest absolute Gasteiger partial charge is 0.368 e. The van der Waals surface area contributed by atoms with Crippen LogP contribution in [0, 0.1) is 0 Å². The molecule has 0 aliphatic heterocycles. The van der Waals surface area contributed by atoms with Gasteiger partial charge >= 0.3 is 0 Å². The van der Waals surface area contributed by atoms with Crippen molar-refractivity contribution < 1.29 is 0 Å². The summed E-state index contributed by atoms with van der Waals surface area (Å²) in [5.74, 6) is 0.572. The van der Waals surface area contributed by atoms with Crippen molar-refractivity contribution in [3.63, 3.8) is 0 Å². The molecule has 0 spiro atoms. The number of rotatable bonds is 3. The lowest BCUT2D eigenvalue weighted by molar-refractivity contribution is 0.764. The second-order valence-electron chi connectivity index (χ2n) is 3.79. The van der Waals surface area contributed by atoms with E-state index in [0.29, 0.717) is 11.1 Å². The first-order valence-corrected chi connectivity index (χ1v) is 7.27. The standard InChI is InChI=1S/C12H9BrN6S/c13-8-3-1-4-9(7-8)20-12-17-10(14)16-11(18-12)19-6-2-5-15-19/h1-7H,(H2,14,16,17,18). The van der Waals surface area contributed by atoms with Gasteiger partial charge in [-0.15, -0.1) is 0 Å². The van der Waals surface area contributed by atoms with E-state index in [-0.39, 0.29) is 5.95 Å². The molecule has 0 aliphatic rings. The van der Waals surface area contributed by atoms with Crippen molar-refractivity contribution in [3.05, 3.63) is 47.2 Å². The quantitative estimate of drug-likeness (QED) is 0.783. The summed E-state index contributed by atoms with van der Waals surface area (Å²) in [6, 6.07) is 9.66. The fourth-order valence-electron chi connectivity index (χ4n) is 1.53. The van der Waals surface area contributed by atoms with E-state index in [1.54, 1.807) is 23.1 Å². The molecule has 8 heteroatoms. The monoisotopic (exact) mass is 348 g/mol. The van der Waals surface area contributed by atoms with Gasteiger partial charge in [0.15, 0.2) is 5.16 Å². The summed E-state index contributed by atoms with van der Waals surface area (Å²) in [5.41, 5.74) is 5.72. The Balaban J connectivity index is 1.94. The summed E-state index contributed by atoms with van der Waals surface area (Å²) in [6.45, 7) is 0. The average molecular weight is 349 g/mol. The molecule has 0 bridgehead atoms. The predicted octanol–water partition coefficient (Wildman–Crippen LogP) is 2.55. The Morgan fingerprint density at radius 2 is 2.05 bits per heavy atom. The zero-order chi connectivity index (χ0) is 13.9. The van der Waals surface area contributed by atoms with E-state index >= 15 is 0 Å². The van der Waals surface area contributed by atoms with E-state index in [4.69, 9.17) is 5.73 Å². The van der Waals surface area contributed by atoms with Crippen molar-refractivity contribution in [2.75, 3.05) is 5.73 Å². The number of hydrogen-bond acceptors (Lipinski definition) is 6. The van der Waals surface area contributed by atoms with E-state index in [9.17, 15) is 0 Å². The summed E-state index contributed by atoms with van der Waals surface area (Å²) in [7, 11) is 0. The lowest BCUT2D eigenvalue weighted by Gasteiger charge is -2.04. The third kappa shape index (κ3) is 2.97. The van der Waals surface area contributed by atoms with Gasteiger partial charge in [-0.1, -0.05) is 22.0 Å². The average Bonchev–Trinajstić information content (AvgIpc) is 2.91. The van der Waals surface area contributed by atoms with Crippen LogP contribution in [0.2, 0.25) is 0 Å². The smallest absolute Gasteiger partial charge is 0.256 e. The molecule has 0 fully saturated rings. The Morgan fingerprint density at radius 1 is 1.15 bits per heavy atom. The minimum Gasteiger partial charge on any atom is -0.368 e. The topological polar surface area (TPSA) is 82.5 Å². The molecule has 0 radical (unpaired) electrons. The van der Waals surface area contributed by atoms with Gasteiger partial charge in [0, 0.05) is 21.8 Å². The van der Waals surface area contributed by atoms with Crippen molar-refractivity contribution >= 4 is 33.6 Å². The van der Waals surface area contributed by atoms with Gasteiger partial charge in [0.2, 0.25) is 5.95 Å². The summed E-state index contributed by atoms with van der Waals surface area (Å²) in [4.78, 5) is 13.6. The van der Waals surface area contributed by atoms with Crippen molar-refractivity contribution in [3.8, 4) is 5.95 Å². The molecular weight excluding hydrogens is 340 g/mol. The Bertz CT molecular complexity index is 731. The van der Waals surface area contributed by atoms with Crippen LogP contribution in [0.4, 0.5) is 5.95 Å². The number of nitrogens with two attached hydrogens (primary N) is 1. The Labute approximate surface area is 127 Å². The molecule has 100 valence electrons. The maximum absolute atomic E-state index is 5.72. The molecule has 0 saturated carbocycles. The van der Waals surface area contributed by atoms with Gasteiger partial charge in [0.25, 0.3) is 5.95 Å². The highest BCUT2D eigenvalue weighted by Gasteiger charge is 2.08. The number of benzene rings is 1. The van der Waals surface area contributed by atoms with Crippen LogP contribution in [-0.2, 0) is 0 Å². The van der Waals surface area contributed by atoms with Crippen LogP contribution in [0.15, 0.2) is 57.3 Å². The normalized spacial score (nSPS) is 10.7. The van der Waals surface area contributed by atoms with Gasteiger partial charge in [-0.25, -0.2) is 4.68 Å². The highest BCUT2D eigenvalue weighted by atomic mass is 79.9. The van der Waals surface area contributed by atoms with E-state index in [0.717, 1.165) is 9.37 Å². The fraction of sp³-hybridized carbons (Fsp3) is 0. The van der Waals surface area contributed by atoms with Crippen LogP contribution >= 0.6 is 27.7 Å². The first kappa shape index (κ1) is 13.1. The van der Waals surface area contributed by atoms with Gasteiger partial charge in [0.05, 0.1) is 0 Å². The van der Waals surface area contributed by atoms with Gasteiger partial charge in [-0.3, -0.25) is 0 Å². The molecular formula is C12H9BrN6S. The maximum Gasteiger partial charge on any atom is 0.256 e. The van der Waals surface area contributed by atoms with Crippen molar-refractivity contribution in [2.24, 2.45) is 0 Å². The molecule has 2 heterocycles. The molecule has 6 nitrogen and oxygen atoms in total. The summed E-state index contributed by atoms with van der Waals surface area (Å²) in [6.07, 6.45) is 3.41. The molecule has 1 aromatic carbocycles. The molecule has 2 N–H and O–H groups in total. The van der Waals surface area contributed by atoms with Crippen molar-refractivity contribution in [1.29, 1.82) is 0 Å². The highest BCUT2D eigenvalue weighted by molar-refractivity contribution is 9.10. The van der Waals surface area contributed by atoms with Crippen LogP contribution in [0.5, 0.6) is 0 Å². The maximum atomic E-state index is 5.72. The number of nitrogen functional groups attached to an aromatic ring is 1. The van der Waals surface area contributed by atoms with Gasteiger partial charge in [0.1, 0.15) is 0 Å². The Hall–Kier alpha value is -1.93. The second-order valence-corrected chi connectivity index (χ2v) is 5.74. The number of anilines is 1. The number of nitrogens with zero attached hydrogens (tertiary/aromatic N) is 5. The van der Waals surface area contributed by atoms with E-state index in [1.807, 2.05) is 24.3 Å². The van der Waals surface area contributed by atoms with E-state index in [1.165, 1.54) is 11.8 Å². The van der Waals surface area contributed by atoms with Crippen LogP contribution in [0.3, 0.4) is 0 Å². The Morgan fingerprint density at radius 3 is 2.80 bits per heavy atom. The number of aromatic nitrogens is 5. The van der Waals surface area contributed by atoms with E-state index < -0.39 is 0 Å². The lowest BCUT2D eigenvalue weighted by Crippen LogP contribution is -2.07. The zero-order valence-electron chi connectivity index (χ0n) is 10.1. The van der Waals surface area contributed by atoms with Gasteiger partial charge in [-0.05, 0) is 36.0 Å². The van der Waals surface area contributed by atoms with Crippen molar-refractivity contribution in [1.82, 2.24) is 24.7 Å². The third-order valence-electron chi connectivity index (χ3n) is 2.33. The second kappa shape index (κ2) is 5.59. The Kier molecular flexibility index (Phi) is 3.66. The SMILES string of the molecule is Nc1nc(Sc2cccc(Br)c2)nc(-n2cccn2)n1. The summed E-state index contributed by atoms with van der Waals surface area (Å²) >= 11 is 4.84. The molecule has 0 amide bonds. The third-order valence-corrected chi connectivity index (χ3v) is 3.68. The number of hydrogen-bond donors (Lipinski definition) is 1. The van der Waals surface area contributed by atoms with Gasteiger partial charge < -0.3 is 5.73 Å². The first-order valence-electron chi connectivity index (χ1n) is 5.66. The van der Waals surface area contributed by atoms with Crippen molar-refractivity contribution in [2.45, 2.75) is 10.1 Å². The highest BCUT2D eigenvalue weighted by Crippen LogP contribution is 2.27. The molecule has 0 saturated heterocycles. The minimum absolute atomic E-state index is 0.169. The molecule has 0 atom stereocenters. The molecule has 20 heavy (non-hydrogen) atoms. The van der Waals surface area contributed by atoms with Crippen LogP contribution in [-0.4, -0.2) is 24.7 Å². The summed E-state index contributed by atoms with van der Waals surface area (Å²) < 4.78 is 2.54. The van der Waals surface area contributed by atoms with Crippen LogP contribution < -0.4 is 5.73 Å². The summed E-state index contributed by atoms with van der Waals surface area (Å²) in [5, 5.41) is 4.61. The zero-order valence-corrected chi connectivity index (χ0v) is 12.5. The van der Waals surface area contributed by atoms with Gasteiger partial charge in [-0.2, -0.15) is 20.1 Å². The first-order chi connectivity index (χ1) is 9.70. The molecule has 3 aromatic rings. The number of halogens is 1. The fourth-order valence-corrected chi connectivity index (χ4v) is 2.89. The molecule has 3 rings (SSSR count).